The van der Waals surface area contributed by atoms with E-state index in [2.05, 4.69) is 31.5 Å². The van der Waals surface area contributed by atoms with E-state index in [9.17, 15) is 27.6 Å². The summed E-state index contributed by atoms with van der Waals surface area (Å²) in [6.07, 6.45) is -1.79. The van der Waals surface area contributed by atoms with Gasteiger partial charge in [-0.3, -0.25) is 14.4 Å². The third kappa shape index (κ3) is 6.05. The van der Waals surface area contributed by atoms with Crippen LogP contribution in [0.15, 0.2) is 21.5 Å². The summed E-state index contributed by atoms with van der Waals surface area (Å²) in [5, 5.41) is 13.1. The third-order valence-electron chi connectivity index (χ3n) is 4.74. The summed E-state index contributed by atoms with van der Waals surface area (Å²) in [5.41, 5.74) is -0.487. The molecule has 30 heavy (non-hydrogen) atoms. The number of amides is 1. The first-order valence-corrected chi connectivity index (χ1v) is 9.62. The van der Waals surface area contributed by atoms with Gasteiger partial charge in [-0.25, -0.2) is 4.79 Å². The highest BCUT2D eigenvalue weighted by molar-refractivity contribution is 9.10. The van der Waals surface area contributed by atoms with Gasteiger partial charge in [0.05, 0.1) is 17.5 Å². The van der Waals surface area contributed by atoms with Gasteiger partial charge in [0.15, 0.2) is 0 Å². The maximum atomic E-state index is 12.2. The zero-order chi connectivity index (χ0) is 22.5. The Morgan fingerprint density at radius 1 is 1.30 bits per heavy atom. The zero-order valence-electron chi connectivity index (χ0n) is 15.5. The minimum atomic E-state index is -5.08. The Morgan fingerprint density at radius 2 is 1.90 bits per heavy atom. The molecule has 1 aromatic rings. The van der Waals surface area contributed by atoms with E-state index in [1.165, 1.54) is 12.3 Å². The Morgan fingerprint density at radius 3 is 2.47 bits per heavy atom. The number of aliphatic carboxylic acids is 1. The average molecular weight is 498 g/mol. The number of nitrogens with one attached hydrogen (secondary N) is 3. The molecule has 1 amide bonds. The summed E-state index contributed by atoms with van der Waals surface area (Å²) >= 11 is 3.23. The van der Waals surface area contributed by atoms with Crippen LogP contribution in [0.25, 0.3) is 0 Å². The summed E-state index contributed by atoms with van der Waals surface area (Å²) < 4.78 is 37.7. The first kappa shape index (κ1) is 23.9. The van der Waals surface area contributed by atoms with Gasteiger partial charge in [-0.05, 0) is 41.9 Å². The molecule has 1 atom stereocenters. The predicted molar refractivity (Wildman–Crippen MR) is 99.8 cm³/mol. The van der Waals surface area contributed by atoms with Gasteiger partial charge >= 0.3 is 18.1 Å². The number of H-pyrrole nitrogens is 1. The monoisotopic (exact) mass is 497 g/mol. The van der Waals surface area contributed by atoms with Crippen LogP contribution < -0.4 is 16.2 Å². The molecule has 2 aliphatic heterocycles. The van der Waals surface area contributed by atoms with Gasteiger partial charge in [-0.15, -0.1) is 0 Å². The van der Waals surface area contributed by atoms with Crippen LogP contribution in [0.5, 0.6) is 0 Å². The standard InChI is InChI=1S/C15H18BrN3O4.C2HF3O2/c16-11-8-18-12(20)5-10(11)13(21)19-7-9-6-15(14(22)23-9)1-3-17-4-2-15;3-2(4,5)1(6)7/h5,8-9,17H,1-4,6-7H2,(H,18,20)(H,19,21);(H,6,7). The molecule has 0 radical (unpaired) electrons. The van der Waals surface area contributed by atoms with Crippen molar-refractivity contribution in [2.45, 2.75) is 31.5 Å². The van der Waals surface area contributed by atoms with Crippen LogP contribution in [0, 0.1) is 5.41 Å². The molecular formula is C17H19BrF3N3O6. The van der Waals surface area contributed by atoms with Crippen LogP contribution >= 0.6 is 15.9 Å². The summed E-state index contributed by atoms with van der Waals surface area (Å²) in [6.45, 7) is 1.88. The number of carbonyl (C=O) groups excluding carboxylic acids is 2. The molecule has 1 aromatic heterocycles. The lowest BCUT2D eigenvalue weighted by Crippen LogP contribution is -2.39. The van der Waals surface area contributed by atoms with Gasteiger partial charge in [-0.1, -0.05) is 0 Å². The Labute approximate surface area is 176 Å². The lowest BCUT2D eigenvalue weighted by atomic mass is 9.76. The largest absolute Gasteiger partial charge is 0.490 e. The number of ether oxygens (including phenoxy) is 1. The zero-order valence-corrected chi connectivity index (χ0v) is 17.1. The fourth-order valence-electron chi connectivity index (χ4n) is 3.19. The number of halogens is 4. The van der Waals surface area contributed by atoms with E-state index in [-0.39, 0.29) is 35.6 Å². The van der Waals surface area contributed by atoms with E-state index in [0.29, 0.717) is 10.9 Å². The number of alkyl halides is 3. The highest BCUT2D eigenvalue weighted by atomic mass is 79.9. The predicted octanol–water partition coefficient (Wildman–Crippen LogP) is 1.19. The maximum absolute atomic E-state index is 12.2. The second-order valence-electron chi connectivity index (χ2n) is 6.83. The average Bonchev–Trinajstić information content (AvgIpc) is 2.97. The van der Waals surface area contributed by atoms with Gasteiger partial charge in [-0.2, -0.15) is 13.2 Å². The molecule has 2 fully saturated rings. The van der Waals surface area contributed by atoms with Crippen LogP contribution in [0.4, 0.5) is 13.2 Å². The Balaban J connectivity index is 0.000000396. The van der Waals surface area contributed by atoms with Crippen LogP contribution in [-0.2, 0) is 14.3 Å². The number of aromatic nitrogens is 1. The number of carbonyl (C=O) groups is 3. The molecule has 166 valence electrons. The lowest BCUT2D eigenvalue weighted by molar-refractivity contribution is -0.192. The number of hydrogen-bond donors (Lipinski definition) is 4. The molecule has 1 unspecified atom stereocenters. The van der Waals surface area contributed by atoms with E-state index < -0.39 is 17.6 Å². The van der Waals surface area contributed by atoms with E-state index in [1.807, 2.05) is 0 Å². The van der Waals surface area contributed by atoms with Crippen molar-refractivity contribution >= 4 is 33.8 Å². The van der Waals surface area contributed by atoms with E-state index in [4.69, 9.17) is 14.6 Å². The second kappa shape index (κ2) is 9.60. The number of aromatic amines is 1. The number of hydrogen-bond acceptors (Lipinski definition) is 6. The van der Waals surface area contributed by atoms with E-state index >= 15 is 0 Å². The molecule has 1 spiro atoms. The van der Waals surface area contributed by atoms with E-state index in [1.54, 1.807) is 0 Å². The first-order chi connectivity index (χ1) is 13.9. The normalized spacial score (nSPS) is 20.1. The Kier molecular flexibility index (Phi) is 7.64. The van der Waals surface area contributed by atoms with Crippen LogP contribution in [0.2, 0.25) is 0 Å². The van der Waals surface area contributed by atoms with E-state index in [0.717, 1.165) is 25.9 Å². The number of piperidine rings is 1. The van der Waals surface area contributed by atoms with Gasteiger partial charge in [0.1, 0.15) is 6.10 Å². The molecular weight excluding hydrogens is 479 g/mol. The smallest absolute Gasteiger partial charge is 0.475 e. The second-order valence-corrected chi connectivity index (χ2v) is 7.69. The van der Waals surface area contributed by atoms with Gasteiger partial charge < -0.3 is 25.5 Å². The number of carboxylic acids is 1. The molecule has 3 rings (SSSR count). The minimum Gasteiger partial charge on any atom is -0.475 e. The number of pyridine rings is 1. The molecule has 0 bridgehead atoms. The number of carboxylic acid groups (broad SMARTS) is 1. The van der Waals surface area contributed by atoms with Crippen molar-refractivity contribution < 1.29 is 37.4 Å². The maximum Gasteiger partial charge on any atom is 0.490 e. The highest BCUT2D eigenvalue weighted by Crippen LogP contribution is 2.41. The molecule has 0 saturated carbocycles. The first-order valence-electron chi connectivity index (χ1n) is 8.83. The van der Waals surface area contributed by atoms with Crippen molar-refractivity contribution in [3.05, 3.63) is 32.7 Å². The summed E-state index contributed by atoms with van der Waals surface area (Å²) in [4.78, 5) is 47.0. The van der Waals surface area contributed by atoms with Gasteiger partial charge in [0.25, 0.3) is 5.91 Å². The highest BCUT2D eigenvalue weighted by Gasteiger charge is 2.49. The van der Waals surface area contributed by atoms with Crippen molar-refractivity contribution in [1.29, 1.82) is 0 Å². The van der Waals surface area contributed by atoms with Crippen molar-refractivity contribution in [2.24, 2.45) is 5.41 Å². The molecule has 13 heteroatoms. The fourth-order valence-corrected chi connectivity index (χ4v) is 3.60. The summed E-state index contributed by atoms with van der Waals surface area (Å²) in [7, 11) is 0. The number of esters is 1. The third-order valence-corrected chi connectivity index (χ3v) is 5.39. The molecule has 3 heterocycles. The Hall–Kier alpha value is -2.41. The number of cyclic esters (lactones) is 1. The van der Waals surface area contributed by atoms with Crippen molar-refractivity contribution in [1.82, 2.24) is 15.6 Å². The van der Waals surface area contributed by atoms with Crippen LogP contribution in [0.3, 0.4) is 0 Å². The van der Waals surface area contributed by atoms with Crippen molar-refractivity contribution in [2.75, 3.05) is 19.6 Å². The topological polar surface area (TPSA) is 138 Å². The Bertz CT molecular complexity index is 867. The summed E-state index contributed by atoms with van der Waals surface area (Å²) in [6, 6.07) is 1.23. The lowest BCUT2D eigenvalue weighted by Gasteiger charge is -2.29. The molecule has 2 aliphatic rings. The molecule has 2 saturated heterocycles. The quantitative estimate of drug-likeness (QED) is 0.460. The summed E-state index contributed by atoms with van der Waals surface area (Å²) in [5.74, 6) is -3.28. The van der Waals surface area contributed by atoms with Crippen molar-refractivity contribution in [3.8, 4) is 0 Å². The van der Waals surface area contributed by atoms with Crippen LogP contribution in [-0.4, -0.2) is 59.9 Å². The van der Waals surface area contributed by atoms with Gasteiger partial charge in [0.2, 0.25) is 5.56 Å². The SMILES string of the molecule is O=C(NCC1CC2(CCNCC2)C(=O)O1)c1cc(=O)[nH]cc1Br.O=C(O)C(F)(F)F. The minimum absolute atomic E-state index is 0.157. The fraction of sp³-hybridized carbons (Fsp3) is 0.529. The van der Waals surface area contributed by atoms with Crippen molar-refractivity contribution in [3.63, 3.8) is 0 Å². The molecule has 4 N–H and O–H groups in total. The molecule has 0 aliphatic carbocycles. The van der Waals surface area contributed by atoms with Gasteiger partial charge in [0, 0.05) is 23.2 Å². The molecule has 0 aromatic carbocycles. The number of rotatable bonds is 3. The van der Waals surface area contributed by atoms with Crippen LogP contribution in [0.1, 0.15) is 29.6 Å². The molecule has 9 nitrogen and oxygen atoms in total.